The van der Waals surface area contributed by atoms with E-state index in [2.05, 4.69) is 13.2 Å². The van der Waals surface area contributed by atoms with E-state index in [-0.39, 0.29) is 11.1 Å². The van der Waals surface area contributed by atoms with Crippen LogP contribution < -0.4 is 29.1 Å². The molecule has 0 spiro atoms. The van der Waals surface area contributed by atoms with Crippen LogP contribution in [0.15, 0.2) is 466 Å². The zero-order valence-corrected chi connectivity index (χ0v) is 75.3. The monoisotopic (exact) mass is 1850 g/mol. The molecule has 141 heavy (non-hydrogen) atoms. The average Bonchev–Trinajstić information content (AvgIpc) is 1.54. The number of halogens is 8. The van der Waals surface area contributed by atoms with E-state index in [1.165, 1.54) is 60.7 Å². The predicted octanol–water partition coefficient (Wildman–Crippen LogP) is 35.5. The SMILES string of the molecule is C=Cc1ccc(Oc2ccc(C3(c4cccc(F)c4F)c4ccccc4-c4ccc(N(c5ccc(F)cc5)c5ccc(-c6ccc(N(c7ccc(F)cc7)c7ccc8c(c7)oc7cc(N(c9ccc(F)cc9)c9ccc(-c%10ccc(N(c%11ccc(F)cc%11)c%11ccc%12c(c%11)C(c%11ccc(Oc%13ccc(C=C)cc%13)cc%11)(c%11cccc(F)c%11F)c%11ccccc%11-%12)cc%10)cc9)ccc78)cc6)cc5)cc43)cc2)cc1. The summed E-state index contributed by atoms with van der Waals surface area (Å²) in [4.78, 5) is 8.11. The Balaban J connectivity index is 0.539. The first-order chi connectivity index (χ1) is 69.0. The van der Waals surface area contributed by atoms with Crippen LogP contribution in [0.5, 0.6) is 23.0 Å². The van der Waals surface area contributed by atoms with Gasteiger partial charge < -0.3 is 33.5 Å². The highest BCUT2D eigenvalue weighted by Gasteiger charge is 2.51. The number of anilines is 12. The molecule has 21 aromatic rings. The molecule has 15 heteroatoms. The molecule has 0 aliphatic heterocycles. The number of fused-ring (bicyclic) bond motifs is 9. The van der Waals surface area contributed by atoms with Crippen LogP contribution in [-0.2, 0) is 10.8 Å². The van der Waals surface area contributed by atoms with E-state index in [9.17, 15) is 8.78 Å². The Bertz CT molecular complexity index is 7890. The van der Waals surface area contributed by atoms with E-state index in [1.807, 2.05) is 335 Å². The summed E-state index contributed by atoms with van der Waals surface area (Å²) in [6.45, 7) is 7.74. The van der Waals surface area contributed by atoms with E-state index in [0.717, 1.165) is 124 Å². The summed E-state index contributed by atoms with van der Waals surface area (Å²) in [5, 5.41) is 1.70. The molecule has 0 saturated heterocycles. The molecule has 20 aromatic carbocycles. The van der Waals surface area contributed by atoms with Crippen LogP contribution in [0.25, 0.3) is 78.6 Å². The van der Waals surface area contributed by atoms with Gasteiger partial charge in [-0.15, -0.1) is 0 Å². The fourth-order valence-electron chi connectivity index (χ4n) is 20.5. The summed E-state index contributed by atoms with van der Waals surface area (Å²) < 4.78 is 146. The number of ether oxygens (including phenoxy) is 2. The van der Waals surface area contributed by atoms with Crippen molar-refractivity contribution in [2.45, 2.75) is 10.8 Å². The van der Waals surface area contributed by atoms with Crippen LogP contribution in [0, 0.1) is 46.5 Å². The first-order valence-electron chi connectivity index (χ1n) is 46.0. The molecule has 2 aliphatic rings. The third-order valence-corrected chi connectivity index (χ3v) is 27.0. The zero-order valence-electron chi connectivity index (χ0n) is 75.3. The van der Waals surface area contributed by atoms with Gasteiger partial charge in [0.05, 0.1) is 10.8 Å². The maximum absolute atomic E-state index is 17.2. The molecule has 1 heterocycles. The Morgan fingerprint density at radius 1 is 0.220 bits per heavy atom. The summed E-state index contributed by atoms with van der Waals surface area (Å²) in [6, 6.07) is 136. The van der Waals surface area contributed by atoms with Gasteiger partial charge in [-0.3, -0.25) is 0 Å². The Labute approximate surface area is 808 Å². The van der Waals surface area contributed by atoms with Crippen LogP contribution in [-0.4, -0.2) is 0 Å². The minimum absolute atomic E-state index is 0.125. The fourth-order valence-corrected chi connectivity index (χ4v) is 20.5. The molecule has 2 atom stereocenters. The number of rotatable bonds is 24. The van der Waals surface area contributed by atoms with Crippen molar-refractivity contribution in [2.75, 3.05) is 19.6 Å². The molecule has 1 aromatic heterocycles. The molecule has 23 rings (SSSR count). The summed E-state index contributed by atoms with van der Waals surface area (Å²) in [5.74, 6) is -3.25. The molecule has 0 saturated carbocycles. The van der Waals surface area contributed by atoms with Crippen LogP contribution in [0.3, 0.4) is 0 Å². The van der Waals surface area contributed by atoms with Crippen molar-refractivity contribution in [1.82, 2.24) is 0 Å². The van der Waals surface area contributed by atoms with Gasteiger partial charge in [0.1, 0.15) is 57.4 Å². The second-order valence-corrected chi connectivity index (χ2v) is 35.0. The lowest BCUT2D eigenvalue weighted by Gasteiger charge is -2.35. The quantitative estimate of drug-likeness (QED) is 0.0559. The summed E-state index contributed by atoms with van der Waals surface area (Å²) in [7, 11) is 0. The van der Waals surface area contributed by atoms with Gasteiger partial charge in [-0.25, -0.2) is 35.1 Å². The van der Waals surface area contributed by atoms with Gasteiger partial charge in [0, 0.05) is 102 Å². The topological polar surface area (TPSA) is 44.6 Å². The average molecular weight is 1850 g/mol. The first kappa shape index (κ1) is 87.0. The van der Waals surface area contributed by atoms with Crippen LogP contribution >= 0.6 is 0 Å². The maximum Gasteiger partial charge on any atom is 0.163 e. The predicted molar refractivity (Wildman–Crippen MR) is 551 cm³/mol. The normalized spacial score (nSPS) is 13.8. The Hall–Kier alpha value is -18.1. The Morgan fingerprint density at radius 3 is 0.766 bits per heavy atom. The molecule has 0 amide bonds. The van der Waals surface area contributed by atoms with Gasteiger partial charge in [0.25, 0.3) is 0 Å². The molecule has 0 bridgehead atoms. The highest BCUT2D eigenvalue weighted by molar-refractivity contribution is 6.08. The lowest BCUT2D eigenvalue weighted by molar-refractivity contribution is 0.480. The molecule has 0 fully saturated rings. The van der Waals surface area contributed by atoms with Gasteiger partial charge in [0.15, 0.2) is 23.3 Å². The first-order valence-corrected chi connectivity index (χ1v) is 46.0. The van der Waals surface area contributed by atoms with E-state index in [1.54, 1.807) is 72.8 Å². The summed E-state index contributed by atoms with van der Waals surface area (Å²) in [6.07, 6.45) is 3.51. The van der Waals surface area contributed by atoms with Crippen molar-refractivity contribution in [3.05, 3.63) is 564 Å². The minimum atomic E-state index is -1.39. The van der Waals surface area contributed by atoms with Gasteiger partial charge in [0.2, 0.25) is 0 Å². The molecular formula is C126H80F8N4O3. The highest BCUT2D eigenvalue weighted by Crippen LogP contribution is 2.61. The number of benzene rings is 20. The molecular weight excluding hydrogens is 1770 g/mol. The van der Waals surface area contributed by atoms with E-state index >= 15 is 26.3 Å². The van der Waals surface area contributed by atoms with Gasteiger partial charge in [-0.05, 0) is 344 Å². The van der Waals surface area contributed by atoms with Crippen molar-refractivity contribution in [2.24, 2.45) is 0 Å². The highest BCUT2D eigenvalue weighted by atomic mass is 19.2. The summed E-state index contributed by atoms with van der Waals surface area (Å²) in [5.41, 5.74) is 20.2. The smallest absolute Gasteiger partial charge is 0.163 e. The van der Waals surface area contributed by atoms with E-state index < -0.39 is 57.4 Å². The van der Waals surface area contributed by atoms with Gasteiger partial charge in [-0.1, -0.05) is 207 Å². The minimum Gasteiger partial charge on any atom is -0.457 e. The van der Waals surface area contributed by atoms with Crippen LogP contribution in [0.2, 0.25) is 0 Å². The molecule has 0 N–H and O–H groups in total. The number of hydrogen-bond acceptors (Lipinski definition) is 7. The number of nitrogens with zero attached hydrogens (tertiary/aromatic N) is 4. The summed E-state index contributed by atoms with van der Waals surface area (Å²) >= 11 is 0. The molecule has 7 nitrogen and oxygen atoms in total. The van der Waals surface area contributed by atoms with Gasteiger partial charge in [-0.2, -0.15) is 0 Å². The molecule has 2 unspecified atom stereocenters. The lowest BCUT2D eigenvalue weighted by Crippen LogP contribution is -2.30. The second kappa shape index (κ2) is 35.9. The second-order valence-electron chi connectivity index (χ2n) is 35.0. The Morgan fingerprint density at radius 2 is 0.468 bits per heavy atom. The third-order valence-electron chi connectivity index (χ3n) is 27.0. The van der Waals surface area contributed by atoms with Crippen LogP contribution in [0.1, 0.15) is 55.6 Å². The molecule has 678 valence electrons. The number of hydrogen-bond donors (Lipinski definition) is 0. The van der Waals surface area contributed by atoms with Gasteiger partial charge >= 0.3 is 0 Å². The largest absolute Gasteiger partial charge is 0.457 e. The molecule has 2 aliphatic carbocycles. The third kappa shape index (κ3) is 15.5. The number of furan rings is 1. The van der Waals surface area contributed by atoms with Crippen molar-refractivity contribution in [3.63, 3.8) is 0 Å². The Kier molecular flexibility index (Phi) is 22.1. The fraction of sp³-hybridized carbons (Fsp3) is 0.0159. The van der Waals surface area contributed by atoms with Crippen LogP contribution in [0.4, 0.5) is 103 Å². The van der Waals surface area contributed by atoms with Crippen molar-refractivity contribution < 1.29 is 49.0 Å². The standard InChI is InChI=1S/C126H80F8N4O3/c1-3-79-19-63-103(64-20-79)139-105-67-31-85(32-68-105)125(115-15-9-17-119(131)123(115)133)113-13-7-5-11-107(113)109-71-59-99(75-117(109)125)135(95-51-35-87(127)36-52-95)91-43-23-81(24-44-91)83-27-47-93(48-28-83)137(97-55-39-89(129)40-56-97)101-61-73-111-112-74-62-102(78-122(112)141-121(111)77-101)138(98-57-41-90(130)42-58-98)94-49-29-84(30-50-94)82-25-45-92(46-26-82)136(96-53-37-88(128)38-54-96)100-60-72-110-108-12-6-8-14-114(108)126(118(110)76-100,116-16-10-18-120(132)124(116)134)86-33-69-106(70-34-86)140-104-65-21-80(4-2)22-66-104/h3-78H,1-2H2. The van der Waals surface area contributed by atoms with Crippen molar-refractivity contribution in [3.8, 4) is 67.5 Å². The zero-order chi connectivity index (χ0) is 95.7. The lowest BCUT2D eigenvalue weighted by atomic mass is 9.67. The molecule has 0 radical (unpaired) electrons. The van der Waals surface area contributed by atoms with E-state index in [0.29, 0.717) is 90.5 Å². The van der Waals surface area contributed by atoms with E-state index in [4.69, 9.17) is 13.9 Å². The van der Waals surface area contributed by atoms with Crippen molar-refractivity contribution in [1.29, 1.82) is 0 Å². The maximum atomic E-state index is 17.2. The van der Waals surface area contributed by atoms with Crippen molar-refractivity contribution >= 4 is 102 Å².